The van der Waals surface area contributed by atoms with Gasteiger partial charge in [-0.25, -0.2) is 0 Å². The summed E-state index contributed by atoms with van der Waals surface area (Å²) in [6.45, 7) is 1.69. The van der Waals surface area contributed by atoms with Crippen LogP contribution in [0.4, 0.5) is 5.69 Å². The third-order valence-electron chi connectivity index (χ3n) is 1.42. The normalized spacial score (nSPS) is 10.0. The van der Waals surface area contributed by atoms with Gasteiger partial charge < -0.3 is 15.9 Å². The van der Waals surface area contributed by atoms with Gasteiger partial charge in [0.25, 0.3) is 0 Å². The fraction of sp³-hybridized carbons (Fsp3) is 0.143. The van der Waals surface area contributed by atoms with E-state index < -0.39 is 0 Å². The molecule has 0 amide bonds. The Labute approximate surface area is 69.0 Å². The number of nitrogen functional groups attached to an aromatic ring is 1. The summed E-state index contributed by atoms with van der Waals surface area (Å²) in [7, 11) is 0. The average molecular weight is 174 g/mol. The molecule has 0 saturated carbocycles. The molecule has 0 unspecified atom stereocenters. The van der Waals surface area contributed by atoms with Crippen molar-refractivity contribution in [1.29, 1.82) is 0 Å². The Bertz CT molecular complexity index is 273. The summed E-state index contributed by atoms with van der Waals surface area (Å²) in [6.07, 6.45) is 0. The number of anilines is 1. The number of halogens is 1. The van der Waals surface area contributed by atoms with E-state index in [0.29, 0.717) is 5.56 Å². The molecule has 4 heteroatoms. The van der Waals surface area contributed by atoms with E-state index in [0.717, 1.165) is 0 Å². The lowest BCUT2D eigenvalue weighted by molar-refractivity contribution is 0.405. The van der Waals surface area contributed by atoms with Crippen LogP contribution in [0.15, 0.2) is 6.07 Å². The summed E-state index contributed by atoms with van der Waals surface area (Å²) in [6, 6.07) is 1.50. The van der Waals surface area contributed by atoms with Crippen molar-refractivity contribution in [2.24, 2.45) is 0 Å². The Balaban J connectivity index is 3.46. The highest BCUT2D eigenvalue weighted by atomic mass is 35.5. The van der Waals surface area contributed by atoms with Crippen LogP contribution >= 0.6 is 11.6 Å². The maximum Gasteiger partial charge on any atom is 0.182 e. The number of phenols is 2. The predicted molar refractivity (Wildman–Crippen MR) is 43.9 cm³/mol. The van der Waals surface area contributed by atoms with E-state index in [-0.39, 0.29) is 22.2 Å². The number of hydrogen-bond donors (Lipinski definition) is 3. The second-order valence-corrected chi connectivity index (χ2v) is 2.67. The van der Waals surface area contributed by atoms with E-state index in [1.807, 2.05) is 0 Å². The van der Waals surface area contributed by atoms with Crippen molar-refractivity contribution < 1.29 is 10.2 Å². The molecular weight excluding hydrogens is 166 g/mol. The largest absolute Gasteiger partial charge is 0.503 e. The number of aromatic hydroxyl groups is 2. The van der Waals surface area contributed by atoms with Crippen molar-refractivity contribution in [3.63, 3.8) is 0 Å². The summed E-state index contributed by atoms with van der Waals surface area (Å²) >= 11 is 5.59. The molecule has 0 bridgehead atoms. The quantitative estimate of drug-likeness (QED) is 0.413. The second kappa shape index (κ2) is 2.51. The van der Waals surface area contributed by atoms with Gasteiger partial charge in [0.2, 0.25) is 0 Å². The van der Waals surface area contributed by atoms with Crippen molar-refractivity contribution in [2.45, 2.75) is 6.92 Å². The Morgan fingerprint density at radius 2 is 1.91 bits per heavy atom. The Morgan fingerprint density at radius 3 is 2.45 bits per heavy atom. The number of rotatable bonds is 0. The van der Waals surface area contributed by atoms with E-state index in [1.165, 1.54) is 6.07 Å². The lowest BCUT2D eigenvalue weighted by atomic mass is 10.2. The van der Waals surface area contributed by atoms with Crippen LogP contribution in [-0.2, 0) is 0 Å². The molecule has 0 aliphatic rings. The highest BCUT2D eigenvalue weighted by Gasteiger charge is 2.10. The van der Waals surface area contributed by atoms with Crippen LogP contribution in [0.2, 0.25) is 5.02 Å². The van der Waals surface area contributed by atoms with Gasteiger partial charge in [-0.2, -0.15) is 0 Å². The first-order valence-electron chi connectivity index (χ1n) is 3.00. The molecule has 0 spiro atoms. The van der Waals surface area contributed by atoms with E-state index >= 15 is 0 Å². The molecule has 1 rings (SSSR count). The smallest absolute Gasteiger partial charge is 0.182 e. The zero-order chi connectivity index (χ0) is 8.59. The van der Waals surface area contributed by atoms with E-state index in [4.69, 9.17) is 27.5 Å². The van der Waals surface area contributed by atoms with Crippen LogP contribution in [0.1, 0.15) is 5.56 Å². The van der Waals surface area contributed by atoms with Gasteiger partial charge in [0.05, 0.1) is 10.7 Å². The summed E-state index contributed by atoms with van der Waals surface area (Å²) in [5, 5.41) is 18.3. The predicted octanol–water partition coefficient (Wildman–Crippen LogP) is 1.64. The lowest BCUT2D eigenvalue weighted by Crippen LogP contribution is -1.88. The molecule has 1 aromatic rings. The summed E-state index contributed by atoms with van der Waals surface area (Å²) in [5.74, 6) is -0.718. The fourth-order valence-corrected chi connectivity index (χ4v) is 0.936. The average Bonchev–Trinajstić information content (AvgIpc) is 1.97. The van der Waals surface area contributed by atoms with Gasteiger partial charge in [-0.15, -0.1) is 0 Å². The Kier molecular flexibility index (Phi) is 1.83. The Morgan fingerprint density at radius 1 is 1.36 bits per heavy atom. The van der Waals surface area contributed by atoms with Crippen LogP contribution in [0.5, 0.6) is 11.5 Å². The zero-order valence-electron chi connectivity index (χ0n) is 5.93. The van der Waals surface area contributed by atoms with Crippen LogP contribution < -0.4 is 5.73 Å². The van der Waals surface area contributed by atoms with Gasteiger partial charge in [-0.3, -0.25) is 0 Å². The third-order valence-corrected chi connectivity index (χ3v) is 1.90. The number of nitrogens with two attached hydrogens (primary N) is 1. The number of aryl methyl sites for hydroxylation is 1. The van der Waals surface area contributed by atoms with Crippen LogP contribution in [0.3, 0.4) is 0 Å². The summed E-state index contributed by atoms with van der Waals surface area (Å²) < 4.78 is 0. The van der Waals surface area contributed by atoms with Crippen LogP contribution in [0, 0.1) is 6.92 Å². The number of phenolic OH excluding ortho intramolecular Hbond substituents is 2. The minimum Gasteiger partial charge on any atom is -0.503 e. The van der Waals surface area contributed by atoms with Crippen LogP contribution in [0.25, 0.3) is 0 Å². The van der Waals surface area contributed by atoms with Gasteiger partial charge >= 0.3 is 0 Å². The number of benzene rings is 1. The molecule has 60 valence electrons. The first-order chi connectivity index (χ1) is 5.04. The van der Waals surface area contributed by atoms with Gasteiger partial charge in [0.15, 0.2) is 11.5 Å². The lowest BCUT2D eigenvalue weighted by Gasteiger charge is -2.05. The Hall–Kier alpha value is -1.09. The third kappa shape index (κ3) is 1.19. The van der Waals surface area contributed by atoms with Crippen molar-refractivity contribution in [1.82, 2.24) is 0 Å². The first-order valence-corrected chi connectivity index (χ1v) is 3.38. The van der Waals surface area contributed by atoms with Gasteiger partial charge in [-0.05, 0) is 18.6 Å². The van der Waals surface area contributed by atoms with Gasteiger partial charge in [-0.1, -0.05) is 11.6 Å². The van der Waals surface area contributed by atoms with Gasteiger partial charge in [0, 0.05) is 0 Å². The van der Waals surface area contributed by atoms with Crippen molar-refractivity contribution in [3.8, 4) is 11.5 Å². The molecule has 0 saturated heterocycles. The summed E-state index contributed by atoms with van der Waals surface area (Å²) in [4.78, 5) is 0. The molecule has 0 aliphatic carbocycles. The van der Waals surface area contributed by atoms with Crippen molar-refractivity contribution >= 4 is 17.3 Å². The first kappa shape index (κ1) is 8.01. The van der Waals surface area contributed by atoms with Gasteiger partial charge in [0.1, 0.15) is 0 Å². The molecule has 11 heavy (non-hydrogen) atoms. The SMILES string of the molecule is Cc1cc(N)c(O)c(O)c1Cl. The zero-order valence-corrected chi connectivity index (χ0v) is 6.68. The fourth-order valence-electron chi connectivity index (χ4n) is 0.792. The minimum absolute atomic E-state index is 0.129. The summed E-state index contributed by atoms with van der Waals surface area (Å²) in [5.41, 5.74) is 6.09. The number of hydrogen-bond acceptors (Lipinski definition) is 3. The molecule has 3 nitrogen and oxygen atoms in total. The maximum atomic E-state index is 9.11. The van der Waals surface area contributed by atoms with E-state index in [1.54, 1.807) is 6.92 Å². The molecule has 0 atom stereocenters. The topological polar surface area (TPSA) is 66.5 Å². The molecule has 0 aliphatic heterocycles. The highest BCUT2D eigenvalue weighted by Crippen LogP contribution is 2.39. The molecule has 0 fully saturated rings. The second-order valence-electron chi connectivity index (χ2n) is 2.29. The standard InChI is InChI=1S/C7H8ClNO2/c1-3-2-4(9)6(10)7(11)5(3)8/h2,10-11H,9H2,1H3. The minimum atomic E-state index is -0.361. The molecule has 0 radical (unpaired) electrons. The highest BCUT2D eigenvalue weighted by molar-refractivity contribution is 6.33. The van der Waals surface area contributed by atoms with E-state index in [9.17, 15) is 0 Å². The van der Waals surface area contributed by atoms with E-state index in [2.05, 4.69) is 0 Å². The van der Waals surface area contributed by atoms with Crippen molar-refractivity contribution in [2.75, 3.05) is 5.73 Å². The molecule has 0 aromatic heterocycles. The molecule has 4 N–H and O–H groups in total. The molecule has 1 aromatic carbocycles. The van der Waals surface area contributed by atoms with Crippen molar-refractivity contribution in [3.05, 3.63) is 16.7 Å². The maximum absolute atomic E-state index is 9.11. The molecule has 0 heterocycles. The molecular formula is C7H8ClNO2. The monoisotopic (exact) mass is 173 g/mol. The van der Waals surface area contributed by atoms with Crippen LogP contribution in [-0.4, -0.2) is 10.2 Å².